The minimum absolute atomic E-state index is 0.189. The van der Waals surface area contributed by atoms with Crippen LogP contribution in [0.3, 0.4) is 0 Å². The predicted octanol–water partition coefficient (Wildman–Crippen LogP) is 2.69. The van der Waals surface area contributed by atoms with E-state index in [-0.39, 0.29) is 5.88 Å². The van der Waals surface area contributed by atoms with Crippen LogP contribution >= 0.6 is 0 Å². The summed E-state index contributed by atoms with van der Waals surface area (Å²) >= 11 is 0. The van der Waals surface area contributed by atoms with Crippen molar-refractivity contribution in [3.8, 4) is 5.88 Å². The summed E-state index contributed by atoms with van der Waals surface area (Å²) in [5, 5.41) is 0.642. The lowest BCUT2D eigenvalue weighted by molar-refractivity contribution is 0.0804. The standard InChI is InChI=1S/C20H22F2N6O/c1-14-18(24-5-4-23-14)11-27-6-8-28(9-7-27)15-2-3-17-16(10-15)20(26-13-25-17)29-12-19(21)22/h2-5,10,13,19H,6-9,11-12H2,1H3. The Morgan fingerprint density at radius 3 is 2.59 bits per heavy atom. The molecular formula is C20H22F2N6O. The predicted molar refractivity (Wildman–Crippen MR) is 105 cm³/mol. The highest BCUT2D eigenvalue weighted by atomic mass is 19.3. The second-order valence-electron chi connectivity index (χ2n) is 6.93. The second-order valence-corrected chi connectivity index (χ2v) is 6.93. The molecule has 0 N–H and O–H groups in total. The van der Waals surface area contributed by atoms with Crippen LogP contribution in [0.25, 0.3) is 10.9 Å². The monoisotopic (exact) mass is 400 g/mol. The van der Waals surface area contributed by atoms with Crippen LogP contribution in [0.2, 0.25) is 0 Å². The molecule has 4 rings (SSSR count). The second kappa shape index (κ2) is 8.60. The fraction of sp³-hybridized carbons (Fsp3) is 0.400. The zero-order chi connectivity index (χ0) is 20.2. The van der Waals surface area contributed by atoms with E-state index in [1.54, 1.807) is 12.4 Å². The highest BCUT2D eigenvalue weighted by Crippen LogP contribution is 2.27. The van der Waals surface area contributed by atoms with Crippen LogP contribution in [0.4, 0.5) is 14.5 Å². The molecule has 0 aliphatic carbocycles. The Bertz CT molecular complexity index is 978. The number of nitrogens with zero attached hydrogens (tertiary/aromatic N) is 6. The van der Waals surface area contributed by atoms with Crippen LogP contribution in [0.5, 0.6) is 5.88 Å². The molecule has 1 aliphatic heterocycles. The van der Waals surface area contributed by atoms with E-state index in [9.17, 15) is 8.78 Å². The third kappa shape index (κ3) is 4.56. The maximum absolute atomic E-state index is 12.5. The number of hydrogen-bond donors (Lipinski definition) is 0. The summed E-state index contributed by atoms with van der Waals surface area (Å²) in [7, 11) is 0. The van der Waals surface area contributed by atoms with Crippen molar-refractivity contribution < 1.29 is 13.5 Å². The number of aromatic nitrogens is 4. The third-order valence-electron chi connectivity index (χ3n) is 5.02. The fourth-order valence-corrected chi connectivity index (χ4v) is 3.44. The molecule has 3 aromatic rings. The minimum Gasteiger partial charge on any atom is -0.471 e. The maximum atomic E-state index is 12.5. The molecule has 1 aromatic carbocycles. The van der Waals surface area contributed by atoms with Crippen LogP contribution in [0, 0.1) is 6.92 Å². The van der Waals surface area contributed by atoms with Gasteiger partial charge in [0.25, 0.3) is 6.43 Å². The lowest BCUT2D eigenvalue weighted by Gasteiger charge is -2.36. The zero-order valence-electron chi connectivity index (χ0n) is 16.1. The first-order valence-electron chi connectivity index (χ1n) is 9.49. The molecule has 0 radical (unpaired) electrons. The van der Waals surface area contributed by atoms with Crippen molar-refractivity contribution in [2.75, 3.05) is 37.7 Å². The average molecular weight is 400 g/mol. The number of piperazine rings is 1. The highest BCUT2D eigenvalue weighted by Gasteiger charge is 2.19. The smallest absolute Gasteiger partial charge is 0.272 e. The molecule has 2 aromatic heterocycles. The van der Waals surface area contributed by atoms with Gasteiger partial charge in [-0.05, 0) is 25.1 Å². The molecule has 0 saturated carbocycles. The van der Waals surface area contributed by atoms with Gasteiger partial charge in [0.2, 0.25) is 5.88 Å². The first-order chi connectivity index (χ1) is 14.1. The Hall–Kier alpha value is -2.94. The number of fused-ring (bicyclic) bond motifs is 1. The fourth-order valence-electron chi connectivity index (χ4n) is 3.44. The van der Waals surface area contributed by atoms with Gasteiger partial charge in [-0.2, -0.15) is 0 Å². The Balaban J connectivity index is 1.45. The van der Waals surface area contributed by atoms with Crippen molar-refractivity contribution >= 4 is 16.6 Å². The van der Waals surface area contributed by atoms with Gasteiger partial charge in [-0.3, -0.25) is 14.9 Å². The van der Waals surface area contributed by atoms with E-state index < -0.39 is 13.0 Å². The van der Waals surface area contributed by atoms with E-state index >= 15 is 0 Å². The van der Waals surface area contributed by atoms with Gasteiger partial charge < -0.3 is 9.64 Å². The van der Waals surface area contributed by atoms with Gasteiger partial charge in [-0.1, -0.05) is 0 Å². The summed E-state index contributed by atoms with van der Waals surface area (Å²) in [5.74, 6) is 0.189. The van der Waals surface area contributed by atoms with E-state index in [1.807, 2.05) is 25.1 Å². The number of aryl methyl sites for hydroxylation is 1. The average Bonchev–Trinajstić information content (AvgIpc) is 2.74. The molecule has 0 bridgehead atoms. The number of rotatable bonds is 6. The number of ether oxygens (including phenoxy) is 1. The first-order valence-corrected chi connectivity index (χ1v) is 9.49. The van der Waals surface area contributed by atoms with Gasteiger partial charge in [0.05, 0.1) is 22.3 Å². The van der Waals surface area contributed by atoms with Gasteiger partial charge in [0, 0.05) is 50.8 Å². The molecule has 0 atom stereocenters. The van der Waals surface area contributed by atoms with Gasteiger partial charge in [-0.15, -0.1) is 0 Å². The number of halogens is 2. The number of benzene rings is 1. The molecule has 3 heterocycles. The Kier molecular flexibility index (Phi) is 5.75. The van der Waals surface area contributed by atoms with E-state index in [1.165, 1.54) is 6.33 Å². The number of alkyl halides is 2. The van der Waals surface area contributed by atoms with Gasteiger partial charge in [-0.25, -0.2) is 18.7 Å². The minimum atomic E-state index is -2.55. The largest absolute Gasteiger partial charge is 0.471 e. The molecular weight excluding hydrogens is 378 g/mol. The lowest BCUT2D eigenvalue weighted by Crippen LogP contribution is -2.46. The molecule has 0 spiro atoms. The molecule has 1 fully saturated rings. The van der Waals surface area contributed by atoms with Gasteiger partial charge in [0.1, 0.15) is 6.33 Å². The molecule has 7 nitrogen and oxygen atoms in total. The molecule has 0 unspecified atom stereocenters. The molecule has 0 amide bonds. The Morgan fingerprint density at radius 2 is 1.83 bits per heavy atom. The van der Waals surface area contributed by atoms with E-state index in [0.717, 1.165) is 49.8 Å². The molecule has 29 heavy (non-hydrogen) atoms. The number of hydrogen-bond acceptors (Lipinski definition) is 7. The van der Waals surface area contributed by atoms with Crippen LogP contribution < -0.4 is 9.64 Å². The van der Waals surface area contributed by atoms with E-state index in [4.69, 9.17) is 4.74 Å². The van der Waals surface area contributed by atoms with Crippen molar-refractivity contribution in [1.29, 1.82) is 0 Å². The van der Waals surface area contributed by atoms with Crippen molar-refractivity contribution in [3.63, 3.8) is 0 Å². The lowest BCUT2D eigenvalue weighted by atomic mass is 10.1. The summed E-state index contributed by atoms with van der Waals surface area (Å²) in [6.07, 6.45) is 2.22. The first kappa shape index (κ1) is 19.4. The SMILES string of the molecule is Cc1nccnc1CN1CCN(c2ccc3ncnc(OCC(F)F)c3c2)CC1. The molecule has 1 aliphatic rings. The Morgan fingerprint density at radius 1 is 1.03 bits per heavy atom. The highest BCUT2D eigenvalue weighted by molar-refractivity contribution is 5.86. The van der Waals surface area contributed by atoms with Gasteiger partial charge in [0.15, 0.2) is 6.61 Å². The Labute approximate surface area is 167 Å². The molecule has 152 valence electrons. The van der Waals surface area contributed by atoms with Crippen LogP contribution in [0.1, 0.15) is 11.4 Å². The normalized spacial score (nSPS) is 15.2. The number of anilines is 1. The van der Waals surface area contributed by atoms with Crippen molar-refractivity contribution in [3.05, 3.63) is 48.3 Å². The summed E-state index contributed by atoms with van der Waals surface area (Å²) in [6, 6.07) is 5.78. The maximum Gasteiger partial charge on any atom is 0.272 e. The molecule has 9 heteroatoms. The van der Waals surface area contributed by atoms with Crippen molar-refractivity contribution in [2.45, 2.75) is 19.9 Å². The van der Waals surface area contributed by atoms with Crippen LogP contribution in [0.15, 0.2) is 36.9 Å². The van der Waals surface area contributed by atoms with Gasteiger partial charge >= 0.3 is 0 Å². The van der Waals surface area contributed by atoms with Crippen LogP contribution in [-0.2, 0) is 6.54 Å². The third-order valence-corrected chi connectivity index (χ3v) is 5.02. The summed E-state index contributed by atoms with van der Waals surface area (Å²) in [4.78, 5) is 21.6. The summed E-state index contributed by atoms with van der Waals surface area (Å²) < 4.78 is 30.2. The summed E-state index contributed by atoms with van der Waals surface area (Å²) in [6.45, 7) is 5.57. The zero-order valence-corrected chi connectivity index (χ0v) is 16.1. The van der Waals surface area contributed by atoms with Crippen LogP contribution in [-0.4, -0.2) is 64.0 Å². The summed E-state index contributed by atoms with van der Waals surface area (Å²) in [5.41, 5.74) is 3.64. The van der Waals surface area contributed by atoms with E-state index in [0.29, 0.717) is 10.9 Å². The molecule has 1 saturated heterocycles. The van der Waals surface area contributed by atoms with Crippen molar-refractivity contribution in [1.82, 2.24) is 24.8 Å². The van der Waals surface area contributed by atoms with E-state index in [2.05, 4.69) is 29.7 Å². The quantitative estimate of drug-likeness (QED) is 0.630. The topological polar surface area (TPSA) is 67.3 Å². The van der Waals surface area contributed by atoms with Crippen molar-refractivity contribution in [2.24, 2.45) is 0 Å².